The Balaban J connectivity index is 4.34. The Bertz CT molecular complexity index is 254. The second kappa shape index (κ2) is 3.77. The summed E-state index contributed by atoms with van der Waals surface area (Å²) >= 11 is 0. The molecular formula is C8H10O4. The summed E-state index contributed by atoms with van der Waals surface area (Å²) in [5.74, 6) is 2.45. The van der Waals surface area contributed by atoms with E-state index in [0.717, 1.165) is 0 Å². The number of ether oxygens (including phenoxy) is 1. The SMILES string of the molecule is CC(=O)OC(C)(C)C#CC(=O)O. The predicted molar refractivity (Wildman–Crippen MR) is 41.3 cm³/mol. The van der Waals surface area contributed by atoms with Gasteiger partial charge in [-0.2, -0.15) is 0 Å². The highest BCUT2D eigenvalue weighted by molar-refractivity contribution is 5.86. The number of rotatable bonds is 1. The standard InChI is InChI=1S/C8H10O4/c1-6(9)12-8(2,3)5-4-7(10)11/h1-3H3,(H,10,11). The largest absolute Gasteiger partial charge is 0.472 e. The highest BCUT2D eigenvalue weighted by Gasteiger charge is 2.17. The zero-order valence-corrected chi connectivity index (χ0v) is 7.17. The van der Waals surface area contributed by atoms with Crippen LogP contribution in [0.3, 0.4) is 0 Å². The second-order valence-electron chi connectivity index (χ2n) is 2.66. The van der Waals surface area contributed by atoms with Gasteiger partial charge in [-0.15, -0.1) is 0 Å². The summed E-state index contributed by atoms with van der Waals surface area (Å²) in [6.45, 7) is 4.28. The van der Waals surface area contributed by atoms with E-state index >= 15 is 0 Å². The molecule has 66 valence electrons. The third kappa shape index (κ3) is 5.30. The van der Waals surface area contributed by atoms with Crippen molar-refractivity contribution in [1.82, 2.24) is 0 Å². The molecule has 0 aromatic carbocycles. The van der Waals surface area contributed by atoms with Crippen LogP contribution in [0.1, 0.15) is 20.8 Å². The molecular weight excluding hydrogens is 160 g/mol. The van der Waals surface area contributed by atoms with Crippen molar-refractivity contribution in [1.29, 1.82) is 0 Å². The maximum Gasteiger partial charge on any atom is 0.382 e. The lowest BCUT2D eigenvalue weighted by molar-refractivity contribution is -0.149. The molecule has 0 spiro atoms. The van der Waals surface area contributed by atoms with Gasteiger partial charge in [0.2, 0.25) is 0 Å². The quantitative estimate of drug-likeness (QED) is 0.457. The van der Waals surface area contributed by atoms with Crippen LogP contribution in [0.2, 0.25) is 0 Å². The van der Waals surface area contributed by atoms with Crippen LogP contribution in [-0.4, -0.2) is 22.6 Å². The van der Waals surface area contributed by atoms with E-state index < -0.39 is 17.5 Å². The zero-order valence-electron chi connectivity index (χ0n) is 7.17. The summed E-state index contributed by atoms with van der Waals surface area (Å²) in [4.78, 5) is 20.5. The highest BCUT2D eigenvalue weighted by atomic mass is 16.6. The number of carboxylic acid groups (broad SMARTS) is 1. The first-order chi connectivity index (χ1) is 5.33. The van der Waals surface area contributed by atoms with Gasteiger partial charge < -0.3 is 9.84 Å². The van der Waals surface area contributed by atoms with Crippen LogP contribution in [0.25, 0.3) is 0 Å². The van der Waals surface area contributed by atoms with Gasteiger partial charge in [-0.1, -0.05) is 0 Å². The lowest BCUT2D eigenvalue weighted by Crippen LogP contribution is -2.24. The Morgan fingerprint density at radius 3 is 2.25 bits per heavy atom. The first kappa shape index (κ1) is 10.5. The number of carboxylic acids is 1. The van der Waals surface area contributed by atoms with Crippen LogP contribution in [0.15, 0.2) is 0 Å². The van der Waals surface area contributed by atoms with Crippen LogP contribution < -0.4 is 0 Å². The smallest absolute Gasteiger partial charge is 0.382 e. The molecule has 0 fully saturated rings. The number of aliphatic carboxylic acids is 1. The van der Waals surface area contributed by atoms with Crippen molar-refractivity contribution in [3.63, 3.8) is 0 Å². The normalized spacial score (nSPS) is 9.58. The molecule has 0 aliphatic heterocycles. The summed E-state index contributed by atoms with van der Waals surface area (Å²) in [5.41, 5.74) is -1.04. The zero-order chi connectivity index (χ0) is 9.78. The van der Waals surface area contributed by atoms with Crippen LogP contribution >= 0.6 is 0 Å². The molecule has 0 aromatic heterocycles. The Morgan fingerprint density at radius 2 is 1.92 bits per heavy atom. The van der Waals surface area contributed by atoms with Gasteiger partial charge in [0.15, 0.2) is 5.60 Å². The van der Waals surface area contributed by atoms with E-state index in [9.17, 15) is 9.59 Å². The molecule has 0 saturated carbocycles. The van der Waals surface area contributed by atoms with Crippen LogP contribution in [0.5, 0.6) is 0 Å². The van der Waals surface area contributed by atoms with Gasteiger partial charge in [-0.3, -0.25) is 4.79 Å². The number of carbonyl (C=O) groups excluding carboxylic acids is 1. The topological polar surface area (TPSA) is 63.6 Å². The summed E-state index contributed by atoms with van der Waals surface area (Å²) in [6.07, 6.45) is 0. The minimum Gasteiger partial charge on any atom is -0.472 e. The molecule has 0 unspecified atom stereocenters. The molecule has 0 atom stereocenters. The minimum atomic E-state index is -1.24. The van der Waals surface area contributed by atoms with E-state index in [1.807, 2.05) is 5.92 Å². The highest BCUT2D eigenvalue weighted by Crippen LogP contribution is 2.06. The van der Waals surface area contributed by atoms with E-state index in [2.05, 4.69) is 5.92 Å². The Kier molecular flexibility index (Phi) is 3.30. The minimum absolute atomic E-state index is 0.486. The lowest BCUT2D eigenvalue weighted by Gasteiger charge is -2.16. The fourth-order valence-electron chi connectivity index (χ4n) is 0.589. The van der Waals surface area contributed by atoms with Crippen LogP contribution in [0.4, 0.5) is 0 Å². The van der Waals surface area contributed by atoms with Gasteiger partial charge in [-0.25, -0.2) is 4.79 Å². The molecule has 12 heavy (non-hydrogen) atoms. The van der Waals surface area contributed by atoms with Gasteiger partial charge in [0.25, 0.3) is 0 Å². The molecule has 4 nitrogen and oxygen atoms in total. The van der Waals surface area contributed by atoms with Gasteiger partial charge >= 0.3 is 11.9 Å². The van der Waals surface area contributed by atoms with Gasteiger partial charge in [0.1, 0.15) is 0 Å². The Labute approximate surface area is 70.5 Å². The van der Waals surface area contributed by atoms with E-state index in [1.54, 1.807) is 0 Å². The number of hydrogen-bond donors (Lipinski definition) is 1. The van der Waals surface area contributed by atoms with Crippen molar-refractivity contribution < 1.29 is 19.4 Å². The van der Waals surface area contributed by atoms with Crippen molar-refractivity contribution >= 4 is 11.9 Å². The van der Waals surface area contributed by atoms with Crippen molar-refractivity contribution in [2.45, 2.75) is 26.4 Å². The summed E-state index contributed by atoms with van der Waals surface area (Å²) in [6, 6.07) is 0. The molecule has 1 N–H and O–H groups in total. The van der Waals surface area contributed by atoms with E-state index in [-0.39, 0.29) is 0 Å². The third-order valence-corrected chi connectivity index (χ3v) is 0.869. The van der Waals surface area contributed by atoms with Gasteiger partial charge in [0.05, 0.1) is 0 Å². The first-order valence-corrected chi connectivity index (χ1v) is 3.29. The van der Waals surface area contributed by atoms with Gasteiger partial charge in [-0.05, 0) is 19.8 Å². The lowest BCUT2D eigenvalue weighted by atomic mass is 10.1. The van der Waals surface area contributed by atoms with E-state index in [4.69, 9.17) is 9.84 Å². The molecule has 0 aliphatic carbocycles. The maximum atomic E-state index is 10.5. The molecule has 0 aromatic rings. The van der Waals surface area contributed by atoms with Crippen molar-refractivity contribution in [3.05, 3.63) is 0 Å². The molecule has 0 rings (SSSR count). The molecule has 0 aliphatic rings. The van der Waals surface area contributed by atoms with Crippen molar-refractivity contribution in [3.8, 4) is 11.8 Å². The van der Waals surface area contributed by atoms with Crippen LogP contribution in [-0.2, 0) is 14.3 Å². The summed E-state index contributed by atoms with van der Waals surface area (Å²) < 4.78 is 4.71. The third-order valence-electron chi connectivity index (χ3n) is 0.869. The first-order valence-electron chi connectivity index (χ1n) is 3.29. The average molecular weight is 170 g/mol. The Morgan fingerprint density at radius 1 is 1.42 bits per heavy atom. The Hall–Kier alpha value is -1.50. The second-order valence-corrected chi connectivity index (χ2v) is 2.66. The van der Waals surface area contributed by atoms with Crippen molar-refractivity contribution in [2.24, 2.45) is 0 Å². The molecule has 0 bridgehead atoms. The van der Waals surface area contributed by atoms with Crippen molar-refractivity contribution in [2.75, 3.05) is 0 Å². The average Bonchev–Trinajstić information content (AvgIpc) is 1.81. The maximum absolute atomic E-state index is 10.5. The molecule has 0 amide bonds. The monoisotopic (exact) mass is 170 g/mol. The van der Waals surface area contributed by atoms with Gasteiger partial charge in [0, 0.05) is 12.8 Å². The van der Waals surface area contributed by atoms with E-state index in [0.29, 0.717) is 0 Å². The predicted octanol–water partition coefficient (Wildman–Crippen LogP) is 0.416. The molecule has 0 radical (unpaired) electrons. The van der Waals surface area contributed by atoms with Crippen LogP contribution in [0, 0.1) is 11.8 Å². The number of hydrogen-bond acceptors (Lipinski definition) is 3. The fraction of sp³-hybridized carbons (Fsp3) is 0.500. The molecule has 0 saturated heterocycles. The summed E-state index contributed by atoms with van der Waals surface area (Å²) in [7, 11) is 0. The van der Waals surface area contributed by atoms with E-state index in [1.165, 1.54) is 20.8 Å². The fourth-order valence-corrected chi connectivity index (χ4v) is 0.589. The number of esters is 1. The molecule has 4 heteroatoms. The number of carbonyl (C=O) groups is 2. The molecule has 0 heterocycles. The summed E-state index contributed by atoms with van der Waals surface area (Å²) in [5, 5.41) is 8.20.